The third-order valence-electron chi connectivity index (χ3n) is 4.17. The molecule has 2 aliphatic carbocycles. The van der Waals surface area contributed by atoms with Crippen molar-refractivity contribution in [1.82, 2.24) is 9.78 Å². The first-order valence-electron chi connectivity index (χ1n) is 7.01. The Kier molecular flexibility index (Phi) is 3.08. The second kappa shape index (κ2) is 4.51. The fraction of sp³-hybridized carbons (Fsp3) is 0.714. The molecule has 4 nitrogen and oxygen atoms in total. The molecule has 0 amide bonds. The van der Waals surface area contributed by atoms with E-state index >= 15 is 0 Å². The summed E-state index contributed by atoms with van der Waals surface area (Å²) in [6.45, 7) is 4.98. The highest BCUT2D eigenvalue weighted by Gasteiger charge is 2.38. The van der Waals surface area contributed by atoms with E-state index < -0.39 is 0 Å². The zero-order valence-corrected chi connectivity index (χ0v) is 12.2. The molecule has 2 saturated carbocycles. The maximum Gasteiger partial charge on any atom is 0.291 e. The molecule has 0 bridgehead atoms. The van der Waals surface area contributed by atoms with E-state index in [9.17, 15) is 4.79 Å². The van der Waals surface area contributed by atoms with E-state index in [1.165, 1.54) is 25.7 Å². The number of rotatable bonds is 5. The highest BCUT2D eigenvalue weighted by atomic mass is 35.5. The van der Waals surface area contributed by atoms with Crippen LogP contribution in [0.25, 0.3) is 0 Å². The number of nitrogens with zero attached hydrogens (tertiary/aromatic N) is 2. The maximum absolute atomic E-state index is 12.4. The summed E-state index contributed by atoms with van der Waals surface area (Å²) in [4.78, 5) is 12.4. The van der Waals surface area contributed by atoms with Gasteiger partial charge in [0.05, 0.1) is 11.2 Å². The van der Waals surface area contributed by atoms with E-state index in [2.05, 4.69) is 24.3 Å². The van der Waals surface area contributed by atoms with Gasteiger partial charge in [0.1, 0.15) is 5.69 Å². The summed E-state index contributed by atoms with van der Waals surface area (Å²) in [5, 5.41) is 7.91. The molecule has 0 aliphatic heterocycles. The van der Waals surface area contributed by atoms with Gasteiger partial charge in [0.2, 0.25) is 0 Å². The van der Waals surface area contributed by atoms with Gasteiger partial charge in [-0.25, -0.2) is 4.68 Å². The first-order chi connectivity index (χ1) is 8.97. The minimum Gasteiger partial charge on any atom is -0.374 e. The third-order valence-corrected chi connectivity index (χ3v) is 4.46. The normalized spacial score (nSPS) is 19.5. The van der Waals surface area contributed by atoms with Crippen LogP contribution in [0, 0.1) is 11.8 Å². The average molecular weight is 282 g/mol. The smallest absolute Gasteiger partial charge is 0.291 e. The van der Waals surface area contributed by atoms with Crippen molar-refractivity contribution in [2.75, 3.05) is 5.32 Å². The molecule has 1 aromatic heterocycles. The predicted octanol–water partition coefficient (Wildman–Crippen LogP) is 2.91. The molecule has 1 heterocycles. The highest BCUT2D eigenvalue weighted by Crippen LogP contribution is 2.41. The molecule has 5 heteroatoms. The number of aromatic nitrogens is 2. The van der Waals surface area contributed by atoms with Crippen molar-refractivity contribution in [2.45, 2.75) is 51.6 Å². The Bertz CT molecular complexity index is 544. The molecule has 2 aliphatic rings. The number of halogens is 1. The zero-order chi connectivity index (χ0) is 13.6. The van der Waals surface area contributed by atoms with Crippen molar-refractivity contribution >= 4 is 17.3 Å². The topological polar surface area (TPSA) is 46.9 Å². The molecule has 0 spiro atoms. The van der Waals surface area contributed by atoms with Crippen molar-refractivity contribution in [3.63, 3.8) is 0 Å². The quantitative estimate of drug-likeness (QED) is 0.903. The number of hydrogen-bond acceptors (Lipinski definition) is 3. The molecule has 2 fully saturated rings. The largest absolute Gasteiger partial charge is 0.374 e. The summed E-state index contributed by atoms with van der Waals surface area (Å²) in [6, 6.07) is 0. The Morgan fingerprint density at radius 2 is 2.11 bits per heavy atom. The van der Waals surface area contributed by atoms with Gasteiger partial charge < -0.3 is 5.32 Å². The van der Waals surface area contributed by atoms with Gasteiger partial charge in [0, 0.05) is 12.1 Å². The van der Waals surface area contributed by atoms with Crippen LogP contribution < -0.4 is 10.9 Å². The first-order valence-corrected chi connectivity index (χ1v) is 7.39. The molecule has 19 heavy (non-hydrogen) atoms. The van der Waals surface area contributed by atoms with Crippen LogP contribution >= 0.6 is 11.6 Å². The lowest BCUT2D eigenvalue weighted by Gasteiger charge is -2.27. The van der Waals surface area contributed by atoms with Crippen LogP contribution in [0.4, 0.5) is 5.69 Å². The van der Waals surface area contributed by atoms with E-state index in [0.717, 1.165) is 0 Å². The van der Waals surface area contributed by atoms with E-state index in [0.29, 0.717) is 29.1 Å². The van der Waals surface area contributed by atoms with Crippen molar-refractivity contribution in [3.05, 3.63) is 21.6 Å². The van der Waals surface area contributed by atoms with Crippen LogP contribution in [0.1, 0.15) is 39.5 Å². The molecule has 0 radical (unpaired) electrons. The second-order valence-corrected chi connectivity index (χ2v) is 6.83. The molecule has 1 N–H and O–H groups in total. The summed E-state index contributed by atoms with van der Waals surface area (Å²) >= 11 is 6.15. The van der Waals surface area contributed by atoms with Crippen molar-refractivity contribution < 1.29 is 0 Å². The summed E-state index contributed by atoms with van der Waals surface area (Å²) in [5.41, 5.74) is 0.337. The van der Waals surface area contributed by atoms with Gasteiger partial charge in [0.25, 0.3) is 5.56 Å². The molecule has 0 unspecified atom stereocenters. The lowest BCUT2D eigenvalue weighted by Crippen LogP contribution is -2.38. The predicted molar refractivity (Wildman–Crippen MR) is 76.7 cm³/mol. The lowest BCUT2D eigenvalue weighted by atomic mass is 9.98. The number of nitrogens with one attached hydrogen (secondary N) is 1. The Hall–Kier alpha value is -1.03. The number of anilines is 1. The van der Waals surface area contributed by atoms with E-state index in [1.54, 1.807) is 10.9 Å². The Balaban J connectivity index is 1.88. The van der Waals surface area contributed by atoms with Crippen molar-refractivity contribution in [3.8, 4) is 0 Å². The third kappa shape index (κ3) is 2.78. The summed E-state index contributed by atoms with van der Waals surface area (Å²) in [6.07, 6.45) is 6.43. The Labute approximate surface area is 118 Å². The summed E-state index contributed by atoms with van der Waals surface area (Å²) in [7, 11) is 0. The van der Waals surface area contributed by atoms with Crippen LogP contribution in [0.3, 0.4) is 0 Å². The van der Waals surface area contributed by atoms with Gasteiger partial charge in [-0.15, -0.1) is 0 Å². The molecule has 1 aromatic rings. The van der Waals surface area contributed by atoms with E-state index in [4.69, 9.17) is 11.6 Å². The van der Waals surface area contributed by atoms with Crippen LogP contribution in [-0.2, 0) is 6.54 Å². The lowest BCUT2D eigenvalue weighted by molar-refractivity contribution is 0.488. The highest BCUT2D eigenvalue weighted by molar-refractivity contribution is 6.33. The molecule has 104 valence electrons. The average Bonchev–Trinajstić information content (AvgIpc) is 3.19. The van der Waals surface area contributed by atoms with E-state index in [-0.39, 0.29) is 11.1 Å². The molecular weight excluding hydrogens is 262 g/mol. The van der Waals surface area contributed by atoms with Crippen molar-refractivity contribution in [1.29, 1.82) is 0 Å². The monoisotopic (exact) mass is 281 g/mol. The number of hydrogen-bond donors (Lipinski definition) is 1. The molecule has 0 atom stereocenters. The Morgan fingerprint density at radius 3 is 2.68 bits per heavy atom. The van der Waals surface area contributed by atoms with Crippen LogP contribution in [0.2, 0.25) is 5.02 Å². The van der Waals surface area contributed by atoms with Gasteiger partial charge in [0.15, 0.2) is 0 Å². The summed E-state index contributed by atoms with van der Waals surface area (Å²) in [5.74, 6) is 1.25. The molecule has 0 saturated heterocycles. The maximum atomic E-state index is 12.4. The van der Waals surface area contributed by atoms with Gasteiger partial charge in [-0.2, -0.15) is 5.10 Å². The van der Waals surface area contributed by atoms with Gasteiger partial charge in [-0.3, -0.25) is 4.79 Å². The minimum atomic E-state index is -0.0897. The van der Waals surface area contributed by atoms with Crippen LogP contribution in [0.15, 0.2) is 11.0 Å². The summed E-state index contributed by atoms with van der Waals surface area (Å²) < 4.78 is 1.55. The van der Waals surface area contributed by atoms with Crippen molar-refractivity contribution in [2.24, 2.45) is 11.8 Å². The molecule has 3 rings (SSSR count). The van der Waals surface area contributed by atoms with Gasteiger partial charge in [-0.1, -0.05) is 11.6 Å². The standard InChI is InChI=1S/C14H20ClN3O/c1-14(2,10-5-6-10)17-12-11(15)7-16-18(13(12)19)8-9-3-4-9/h7,9-10,17H,3-6,8H2,1-2H3. The van der Waals surface area contributed by atoms with Gasteiger partial charge in [-0.05, 0) is 51.4 Å². The zero-order valence-electron chi connectivity index (χ0n) is 11.4. The fourth-order valence-electron chi connectivity index (χ4n) is 2.49. The van der Waals surface area contributed by atoms with Crippen LogP contribution in [0.5, 0.6) is 0 Å². The van der Waals surface area contributed by atoms with Gasteiger partial charge >= 0.3 is 0 Å². The molecular formula is C14H20ClN3O. The Morgan fingerprint density at radius 1 is 1.42 bits per heavy atom. The SMILES string of the molecule is CC(C)(Nc1c(Cl)cnn(CC2CC2)c1=O)C1CC1. The second-order valence-electron chi connectivity index (χ2n) is 6.42. The molecule has 0 aromatic carbocycles. The van der Waals surface area contributed by atoms with E-state index in [1.807, 2.05) is 0 Å². The first kappa shape index (κ1) is 13.0. The minimum absolute atomic E-state index is 0.0818. The fourth-order valence-corrected chi connectivity index (χ4v) is 2.66. The van der Waals surface area contributed by atoms with Crippen LogP contribution in [-0.4, -0.2) is 15.3 Å².